The van der Waals surface area contributed by atoms with Gasteiger partial charge in [0.05, 0.1) is 0 Å². The molecule has 0 saturated heterocycles. The molecule has 0 spiro atoms. The van der Waals surface area contributed by atoms with Gasteiger partial charge in [-0.15, -0.1) is 0 Å². The molecular formula is C24H23NO4. The molecule has 3 N–H and O–H groups in total. The number of aliphatic hydroxyl groups is 2. The van der Waals surface area contributed by atoms with E-state index in [4.69, 9.17) is 4.74 Å². The first kappa shape index (κ1) is 19.2. The maximum absolute atomic E-state index is 11.8. The van der Waals surface area contributed by atoms with Gasteiger partial charge in [-0.25, -0.2) is 4.79 Å². The number of ether oxygens (including phenoxy) is 1. The maximum atomic E-state index is 11.8. The zero-order valence-electron chi connectivity index (χ0n) is 15.9. The van der Waals surface area contributed by atoms with E-state index in [-0.39, 0.29) is 13.2 Å². The Morgan fingerprint density at radius 1 is 0.931 bits per heavy atom. The van der Waals surface area contributed by atoms with Crippen molar-refractivity contribution in [2.24, 2.45) is 0 Å². The van der Waals surface area contributed by atoms with Gasteiger partial charge in [-0.2, -0.15) is 0 Å². The van der Waals surface area contributed by atoms with Crippen LogP contribution < -0.4 is 5.32 Å². The average Bonchev–Trinajstić information content (AvgIpc) is 3.14. The minimum Gasteiger partial charge on any atom is -0.445 e. The number of fused-ring (bicyclic) bond motifs is 3. The number of alkyl carbamates (subject to hydrolysis) is 1. The molecule has 1 aliphatic carbocycles. The first-order chi connectivity index (χ1) is 14.1. The summed E-state index contributed by atoms with van der Waals surface area (Å²) in [7, 11) is 0. The van der Waals surface area contributed by atoms with Gasteiger partial charge in [-0.05, 0) is 39.8 Å². The van der Waals surface area contributed by atoms with E-state index in [1.54, 1.807) is 0 Å². The third-order valence-corrected chi connectivity index (χ3v) is 5.19. The number of benzene rings is 3. The van der Waals surface area contributed by atoms with Crippen LogP contribution in [0.4, 0.5) is 4.79 Å². The highest BCUT2D eigenvalue weighted by Crippen LogP contribution is 2.37. The highest BCUT2D eigenvalue weighted by Gasteiger charge is 2.23. The summed E-state index contributed by atoms with van der Waals surface area (Å²) < 4.78 is 5.12. The molecule has 1 amide bonds. The number of carbonyl (C=O) groups is 1. The van der Waals surface area contributed by atoms with Crippen LogP contribution in [-0.2, 0) is 17.8 Å². The van der Waals surface area contributed by atoms with E-state index in [1.807, 2.05) is 60.7 Å². The molecule has 3 aromatic carbocycles. The van der Waals surface area contributed by atoms with Crippen LogP contribution in [0.5, 0.6) is 0 Å². The molecule has 5 heteroatoms. The van der Waals surface area contributed by atoms with Crippen molar-refractivity contribution in [3.8, 4) is 11.1 Å². The summed E-state index contributed by atoms with van der Waals surface area (Å²) >= 11 is 0. The third-order valence-electron chi connectivity index (χ3n) is 5.19. The van der Waals surface area contributed by atoms with Crippen LogP contribution in [0.1, 0.15) is 28.4 Å². The lowest BCUT2D eigenvalue weighted by Gasteiger charge is -2.19. The van der Waals surface area contributed by atoms with E-state index < -0.39 is 18.3 Å². The zero-order chi connectivity index (χ0) is 20.2. The lowest BCUT2D eigenvalue weighted by molar-refractivity contribution is 0.0184. The SMILES string of the molecule is O=C(NCC(O)C(O)c1ccc2c(c1)Cc1ccccc1-2)OCc1ccccc1. The molecule has 0 radical (unpaired) electrons. The Labute approximate surface area is 169 Å². The number of nitrogens with one attached hydrogen (secondary N) is 1. The number of rotatable bonds is 6. The van der Waals surface area contributed by atoms with Crippen LogP contribution in [0.3, 0.4) is 0 Å². The molecule has 2 unspecified atom stereocenters. The van der Waals surface area contributed by atoms with Gasteiger partial charge < -0.3 is 20.3 Å². The summed E-state index contributed by atoms with van der Waals surface area (Å²) in [6.45, 7) is 0.0444. The fourth-order valence-electron chi connectivity index (χ4n) is 3.64. The smallest absolute Gasteiger partial charge is 0.407 e. The second-order valence-electron chi connectivity index (χ2n) is 7.21. The van der Waals surface area contributed by atoms with Crippen molar-refractivity contribution in [2.45, 2.75) is 25.2 Å². The van der Waals surface area contributed by atoms with Gasteiger partial charge in [0.25, 0.3) is 0 Å². The van der Waals surface area contributed by atoms with Gasteiger partial charge in [0.15, 0.2) is 0 Å². The molecule has 0 fully saturated rings. The molecule has 5 nitrogen and oxygen atoms in total. The molecule has 0 saturated carbocycles. The molecule has 0 aromatic heterocycles. The topological polar surface area (TPSA) is 78.8 Å². The van der Waals surface area contributed by atoms with Crippen LogP contribution >= 0.6 is 0 Å². The Hall–Kier alpha value is -3.15. The minimum absolute atomic E-state index is 0.105. The van der Waals surface area contributed by atoms with Gasteiger partial charge in [0.2, 0.25) is 0 Å². The van der Waals surface area contributed by atoms with Gasteiger partial charge in [-0.1, -0.05) is 72.8 Å². The monoisotopic (exact) mass is 389 g/mol. The quantitative estimate of drug-likeness (QED) is 0.471. The highest BCUT2D eigenvalue weighted by atomic mass is 16.5. The number of amides is 1. The highest BCUT2D eigenvalue weighted by molar-refractivity contribution is 5.77. The van der Waals surface area contributed by atoms with E-state index in [0.717, 1.165) is 23.1 Å². The fraction of sp³-hybridized carbons (Fsp3) is 0.208. The Kier molecular flexibility index (Phi) is 5.60. The second kappa shape index (κ2) is 8.47. The summed E-state index contributed by atoms with van der Waals surface area (Å²) in [6, 6.07) is 23.3. The molecule has 0 aliphatic heterocycles. The summed E-state index contributed by atoms with van der Waals surface area (Å²) in [5, 5.41) is 23.3. The molecule has 0 bridgehead atoms. The Morgan fingerprint density at radius 2 is 1.66 bits per heavy atom. The van der Waals surface area contributed by atoms with E-state index in [1.165, 1.54) is 11.1 Å². The average molecular weight is 389 g/mol. The molecule has 29 heavy (non-hydrogen) atoms. The molecule has 148 valence electrons. The minimum atomic E-state index is -1.14. The lowest BCUT2D eigenvalue weighted by atomic mass is 9.98. The summed E-state index contributed by atoms with van der Waals surface area (Å²) in [5.41, 5.74) is 6.27. The maximum Gasteiger partial charge on any atom is 0.407 e. The summed E-state index contributed by atoms with van der Waals surface area (Å²) in [5.74, 6) is 0. The van der Waals surface area contributed by atoms with Crippen molar-refractivity contribution in [1.29, 1.82) is 0 Å². The molecule has 0 heterocycles. The van der Waals surface area contributed by atoms with Crippen molar-refractivity contribution in [2.75, 3.05) is 6.54 Å². The Morgan fingerprint density at radius 3 is 2.48 bits per heavy atom. The predicted molar refractivity (Wildman–Crippen MR) is 110 cm³/mol. The molecule has 4 rings (SSSR count). The van der Waals surface area contributed by atoms with Crippen LogP contribution in [0.2, 0.25) is 0 Å². The predicted octanol–water partition coefficient (Wildman–Crippen LogP) is 3.58. The van der Waals surface area contributed by atoms with Crippen molar-refractivity contribution in [3.63, 3.8) is 0 Å². The first-order valence-corrected chi connectivity index (χ1v) is 9.63. The van der Waals surface area contributed by atoms with Crippen molar-refractivity contribution in [1.82, 2.24) is 5.32 Å². The zero-order valence-corrected chi connectivity index (χ0v) is 15.9. The summed E-state index contributed by atoms with van der Waals surface area (Å²) in [6.07, 6.45) is -2.06. The van der Waals surface area contributed by atoms with E-state index in [0.29, 0.717) is 5.56 Å². The van der Waals surface area contributed by atoms with Gasteiger partial charge in [0, 0.05) is 6.54 Å². The third kappa shape index (κ3) is 4.31. The molecular weight excluding hydrogens is 366 g/mol. The van der Waals surface area contributed by atoms with E-state index in [2.05, 4.69) is 17.4 Å². The Balaban J connectivity index is 1.32. The van der Waals surface area contributed by atoms with Crippen LogP contribution in [0, 0.1) is 0 Å². The first-order valence-electron chi connectivity index (χ1n) is 9.63. The van der Waals surface area contributed by atoms with Crippen molar-refractivity contribution in [3.05, 3.63) is 95.1 Å². The number of hydrogen-bond acceptors (Lipinski definition) is 4. The number of aliphatic hydroxyl groups excluding tert-OH is 2. The van der Waals surface area contributed by atoms with E-state index >= 15 is 0 Å². The van der Waals surface area contributed by atoms with Gasteiger partial charge >= 0.3 is 6.09 Å². The van der Waals surface area contributed by atoms with Crippen LogP contribution in [0.25, 0.3) is 11.1 Å². The van der Waals surface area contributed by atoms with E-state index in [9.17, 15) is 15.0 Å². The van der Waals surface area contributed by atoms with Crippen LogP contribution in [0.15, 0.2) is 72.8 Å². The second-order valence-corrected chi connectivity index (χ2v) is 7.21. The van der Waals surface area contributed by atoms with Gasteiger partial charge in [-0.3, -0.25) is 0 Å². The van der Waals surface area contributed by atoms with Crippen LogP contribution in [-0.4, -0.2) is 29.0 Å². The van der Waals surface area contributed by atoms with Crippen molar-refractivity contribution >= 4 is 6.09 Å². The molecule has 2 atom stereocenters. The van der Waals surface area contributed by atoms with Gasteiger partial charge in [0.1, 0.15) is 18.8 Å². The van der Waals surface area contributed by atoms with Crippen molar-refractivity contribution < 1.29 is 19.7 Å². The Bertz CT molecular complexity index is 1000. The molecule has 3 aromatic rings. The summed E-state index contributed by atoms with van der Waals surface area (Å²) in [4.78, 5) is 11.8. The normalized spacial score (nSPS) is 13.9. The number of hydrogen-bond donors (Lipinski definition) is 3. The largest absolute Gasteiger partial charge is 0.445 e. The lowest BCUT2D eigenvalue weighted by Crippen LogP contribution is -2.35. The standard InChI is InChI=1S/C24H23NO4/c26-22(14-25-24(28)29-15-16-6-2-1-3-7-16)23(27)18-10-11-21-19(13-18)12-17-8-4-5-9-20(17)21/h1-11,13,22-23,26-27H,12,14-15H2,(H,25,28). The number of carbonyl (C=O) groups excluding carboxylic acids is 1. The molecule has 1 aliphatic rings. The fourth-order valence-corrected chi connectivity index (χ4v) is 3.64.